The van der Waals surface area contributed by atoms with E-state index in [2.05, 4.69) is 19.1 Å². The second-order valence-electron chi connectivity index (χ2n) is 4.34. The van der Waals surface area contributed by atoms with Gasteiger partial charge in [0, 0.05) is 10.5 Å². The zero-order valence-corrected chi connectivity index (χ0v) is 12.6. The van der Waals surface area contributed by atoms with E-state index in [1.807, 2.05) is 31.2 Å². The molecule has 0 unspecified atom stereocenters. The monoisotopic (exact) mass is 286 g/mol. The summed E-state index contributed by atoms with van der Waals surface area (Å²) >= 11 is 1.26. The van der Waals surface area contributed by atoms with Crippen LogP contribution in [-0.2, 0) is 6.42 Å². The summed E-state index contributed by atoms with van der Waals surface area (Å²) in [7, 11) is 0. The van der Waals surface area contributed by atoms with Gasteiger partial charge >= 0.3 is 0 Å². The molecule has 0 aliphatic carbocycles. The standard InChI is InChI=1S/C17H18O2S/c1-3-13-5-11-16(12-6-13)20-17(18)14-7-9-15(10-8-14)19-4-2/h5-12H,3-4H2,1-2H3. The van der Waals surface area contributed by atoms with Crippen molar-refractivity contribution in [1.29, 1.82) is 0 Å². The largest absolute Gasteiger partial charge is 0.494 e. The van der Waals surface area contributed by atoms with E-state index in [0.29, 0.717) is 12.2 Å². The van der Waals surface area contributed by atoms with E-state index in [1.54, 1.807) is 12.1 Å². The molecule has 0 saturated carbocycles. The summed E-state index contributed by atoms with van der Waals surface area (Å²) in [4.78, 5) is 13.1. The molecule has 2 nitrogen and oxygen atoms in total. The number of benzene rings is 2. The number of rotatable bonds is 5. The van der Waals surface area contributed by atoms with Crippen molar-refractivity contribution in [2.24, 2.45) is 0 Å². The summed E-state index contributed by atoms with van der Waals surface area (Å²) in [5.41, 5.74) is 1.97. The highest BCUT2D eigenvalue weighted by Gasteiger charge is 2.08. The lowest BCUT2D eigenvalue weighted by Gasteiger charge is -2.05. The van der Waals surface area contributed by atoms with Crippen LogP contribution in [0, 0.1) is 0 Å². The lowest BCUT2D eigenvalue weighted by atomic mass is 10.2. The molecule has 20 heavy (non-hydrogen) atoms. The van der Waals surface area contributed by atoms with E-state index in [0.717, 1.165) is 17.1 Å². The second kappa shape index (κ2) is 7.15. The second-order valence-corrected chi connectivity index (χ2v) is 5.39. The summed E-state index contributed by atoms with van der Waals surface area (Å²) in [6.07, 6.45) is 1.01. The average molecular weight is 286 g/mol. The fraction of sp³-hybridized carbons (Fsp3) is 0.235. The van der Waals surface area contributed by atoms with Gasteiger partial charge in [-0.2, -0.15) is 0 Å². The number of carbonyl (C=O) groups excluding carboxylic acids is 1. The normalized spacial score (nSPS) is 10.3. The molecule has 104 valence electrons. The topological polar surface area (TPSA) is 26.3 Å². The molecule has 0 radical (unpaired) electrons. The van der Waals surface area contributed by atoms with E-state index in [1.165, 1.54) is 17.3 Å². The van der Waals surface area contributed by atoms with Crippen molar-refractivity contribution in [3.05, 3.63) is 59.7 Å². The number of aryl methyl sites for hydroxylation is 1. The molecular formula is C17H18O2S. The van der Waals surface area contributed by atoms with Gasteiger partial charge in [0.2, 0.25) is 5.12 Å². The number of thioether (sulfide) groups is 1. The van der Waals surface area contributed by atoms with Gasteiger partial charge in [-0.1, -0.05) is 19.1 Å². The van der Waals surface area contributed by atoms with Crippen molar-refractivity contribution in [2.75, 3.05) is 6.61 Å². The van der Waals surface area contributed by atoms with E-state index < -0.39 is 0 Å². The van der Waals surface area contributed by atoms with Gasteiger partial charge in [0.25, 0.3) is 0 Å². The van der Waals surface area contributed by atoms with Crippen molar-refractivity contribution < 1.29 is 9.53 Å². The first-order valence-corrected chi connectivity index (χ1v) is 7.58. The Morgan fingerprint density at radius 1 is 1.00 bits per heavy atom. The summed E-state index contributed by atoms with van der Waals surface area (Å²) < 4.78 is 5.37. The van der Waals surface area contributed by atoms with Crippen LogP contribution in [0.1, 0.15) is 29.8 Å². The maximum atomic E-state index is 12.2. The first-order valence-electron chi connectivity index (χ1n) is 6.77. The van der Waals surface area contributed by atoms with Crippen LogP contribution < -0.4 is 4.74 Å². The van der Waals surface area contributed by atoms with Crippen LogP contribution in [0.5, 0.6) is 5.75 Å². The highest BCUT2D eigenvalue weighted by molar-refractivity contribution is 8.14. The average Bonchev–Trinajstić information content (AvgIpc) is 2.49. The molecule has 0 fully saturated rings. The van der Waals surface area contributed by atoms with Crippen LogP contribution in [0.25, 0.3) is 0 Å². The number of hydrogen-bond donors (Lipinski definition) is 0. The first kappa shape index (κ1) is 14.7. The lowest BCUT2D eigenvalue weighted by molar-refractivity contribution is 0.108. The molecule has 0 aliphatic rings. The Balaban J connectivity index is 2.03. The molecule has 0 N–H and O–H groups in total. The van der Waals surface area contributed by atoms with Crippen molar-refractivity contribution in [1.82, 2.24) is 0 Å². The highest BCUT2D eigenvalue weighted by atomic mass is 32.2. The molecular weight excluding hydrogens is 268 g/mol. The third-order valence-electron chi connectivity index (χ3n) is 2.94. The van der Waals surface area contributed by atoms with E-state index >= 15 is 0 Å². The van der Waals surface area contributed by atoms with E-state index in [9.17, 15) is 4.79 Å². The van der Waals surface area contributed by atoms with Gasteiger partial charge in [-0.05, 0) is 67.1 Å². The van der Waals surface area contributed by atoms with Gasteiger partial charge in [-0.25, -0.2) is 0 Å². The lowest BCUT2D eigenvalue weighted by Crippen LogP contribution is -1.95. The summed E-state index contributed by atoms with van der Waals surface area (Å²) in [6.45, 7) is 4.69. The number of hydrogen-bond acceptors (Lipinski definition) is 3. The van der Waals surface area contributed by atoms with Crippen molar-refractivity contribution >= 4 is 16.9 Å². The zero-order chi connectivity index (χ0) is 14.4. The van der Waals surface area contributed by atoms with Crippen molar-refractivity contribution in [3.63, 3.8) is 0 Å². The molecule has 0 aromatic heterocycles. The highest BCUT2D eigenvalue weighted by Crippen LogP contribution is 2.24. The van der Waals surface area contributed by atoms with E-state index in [4.69, 9.17) is 4.74 Å². The fourth-order valence-corrected chi connectivity index (χ4v) is 2.55. The van der Waals surface area contributed by atoms with E-state index in [-0.39, 0.29) is 5.12 Å². The molecule has 2 aromatic carbocycles. The minimum Gasteiger partial charge on any atom is -0.494 e. The quantitative estimate of drug-likeness (QED) is 0.753. The van der Waals surface area contributed by atoms with Gasteiger partial charge in [0.05, 0.1) is 6.61 Å². The molecule has 3 heteroatoms. The maximum absolute atomic E-state index is 12.2. The SMILES string of the molecule is CCOc1ccc(C(=O)Sc2ccc(CC)cc2)cc1. The Morgan fingerprint density at radius 3 is 2.20 bits per heavy atom. The predicted molar refractivity (Wildman–Crippen MR) is 83.6 cm³/mol. The van der Waals surface area contributed by atoms with Crippen molar-refractivity contribution in [2.45, 2.75) is 25.2 Å². The van der Waals surface area contributed by atoms with Crippen LogP contribution in [0.4, 0.5) is 0 Å². The molecule has 0 aliphatic heterocycles. The smallest absolute Gasteiger partial charge is 0.224 e. The Labute approximate surface area is 124 Å². The summed E-state index contributed by atoms with van der Waals surface area (Å²) in [6, 6.07) is 15.4. The molecule has 2 aromatic rings. The molecule has 0 spiro atoms. The maximum Gasteiger partial charge on any atom is 0.224 e. The van der Waals surface area contributed by atoms with Crippen molar-refractivity contribution in [3.8, 4) is 5.75 Å². The Kier molecular flexibility index (Phi) is 5.24. The van der Waals surface area contributed by atoms with Crippen LogP contribution in [-0.4, -0.2) is 11.7 Å². The van der Waals surface area contributed by atoms with Crippen LogP contribution >= 0.6 is 11.8 Å². The van der Waals surface area contributed by atoms with Gasteiger partial charge in [0.15, 0.2) is 0 Å². The molecule has 2 rings (SSSR count). The number of ether oxygens (including phenoxy) is 1. The van der Waals surface area contributed by atoms with Gasteiger partial charge < -0.3 is 4.74 Å². The van der Waals surface area contributed by atoms with Gasteiger partial charge in [-0.15, -0.1) is 0 Å². The van der Waals surface area contributed by atoms with Crippen LogP contribution in [0.3, 0.4) is 0 Å². The number of carbonyl (C=O) groups is 1. The Bertz CT molecular complexity index is 559. The van der Waals surface area contributed by atoms with Gasteiger partial charge in [0.1, 0.15) is 5.75 Å². The molecule has 0 heterocycles. The summed E-state index contributed by atoms with van der Waals surface area (Å²) in [5, 5.41) is 0.0531. The molecule has 0 amide bonds. The minimum atomic E-state index is 0.0531. The Hall–Kier alpha value is -1.74. The van der Waals surface area contributed by atoms with Crippen LogP contribution in [0.2, 0.25) is 0 Å². The molecule has 0 atom stereocenters. The zero-order valence-electron chi connectivity index (χ0n) is 11.8. The Morgan fingerprint density at radius 2 is 1.65 bits per heavy atom. The summed E-state index contributed by atoms with van der Waals surface area (Å²) in [5.74, 6) is 0.793. The molecule has 0 saturated heterocycles. The first-order chi connectivity index (χ1) is 9.72. The van der Waals surface area contributed by atoms with Gasteiger partial charge in [-0.3, -0.25) is 4.79 Å². The predicted octanol–water partition coefficient (Wildman–Crippen LogP) is 4.58. The molecule has 0 bridgehead atoms. The van der Waals surface area contributed by atoms with Crippen LogP contribution in [0.15, 0.2) is 53.4 Å². The minimum absolute atomic E-state index is 0.0531. The third kappa shape index (κ3) is 3.87. The third-order valence-corrected chi connectivity index (χ3v) is 3.87. The fourth-order valence-electron chi connectivity index (χ4n) is 1.81.